The fourth-order valence-electron chi connectivity index (χ4n) is 3.51. The maximum Gasteiger partial charge on any atom is 0.144 e. The Balaban J connectivity index is 1.37. The van der Waals surface area contributed by atoms with Gasteiger partial charge in [0.15, 0.2) is 0 Å². The van der Waals surface area contributed by atoms with E-state index in [2.05, 4.69) is 4.90 Å². The van der Waals surface area contributed by atoms with Gasteiger partial charge in [0.1, 0.15) is 24.2 Å². The molecule has 5 N–H and O–H groups in total. The van der Waals surface area contributed by atoms with Gasteiger partial charge < -0.3 is 30.9 Å². The third kappa shape index (κ3) is 5.78. The predicted molar refractivity (Wildman–Crippen MR) is 113 cm³/mol. The number of hydrogen-bond acceptors (Lipinski definition) is 6. The topological polar surface area (TPSA) is 94.0 Å². The second kappa shape index (κ2) is 9.66. The number of aliphatic hydroxyl groups excluding tert-OH is 1. The lowest BCUT2D eigenvalue weighted by molar-refractivity contribution is 0.0505. The summed E-state index contributed by atoms with van der Waals surface area (Å²) >= 11 is 0. The first-order chi connectivity index (χ1) is 13.5. The molecule has 2 aromatic rings. The van der Waals surface area contributed by atoms with Crippen molar-refractivity contribution in [2.45, 2.75) is 25.9 Å². The van der Waals surface area contributed by atoms with Crippen molar-refractivity contribution in [2.75, 3.05) is 44.3 Å². The number of nitrogen functional groups attached to an aromatic ring is 2. The maximum atomic E-state index is 10.3. The summed E-state index contributed by atoms with van der Waals surface area (Å²) in [7, 11) is 0. The lowest BCUT2D eigenvalue weighted by Gasteiger charge is -2.33. The van der Waals surface area contributed by atoms with Gasteiger partial charge in [-0.1, -0.05) is 18.2 Å². The molecule has 1 aliphatic heterocycles. The number of piperidine rings is 1. The highest BCUT2D eigenvalue weighted by atomic mass is 16.5. The van der Waals surface area contributed by atoms with Gasteiger partial charge in [-0.05, 0) is 68.6 Å². The average molecular weight is 386 g/mol. The number of ether oxygens (including phenoxy) is 2. The van der Waals surface area contributed by atoms with Crippen LogP contribution in [0.5, 0.6) is 11.5 Å². The normalized spacial score (nSPS) is 16.6. The predicted octanol–water partition coefficient (Wildman–Crippen LogP) is 2.69. The van der Waals surface area contributed by atoms with Crippen LogP contribution in [0.1, 0.15) is 18.4 Å². The van der Waals surface area contributed by atoms with Crippen molar-refractivity contribution in [3.05, 3.63) is 48.0 Å². The van der Waals surface area contributed by atoms with Crippen molar-refractivity contribution < 1.29 is 14.6 Å². The van der Waals surface area contributed by atoms with Crippen molar-refractivity contribution in [1.82, 2.24) is 4.90 Å². The molecule has 0 aliphatic carbocycles. The molecular weight excluding hydrogens is 354 g/mol. The molecule has 1 fully saturated rings. The largest absolute Gasteiger partial charge is 0.493 e. The molecule has 0 amide bonds. The molecule has 0 aromatic heterocycles. The highest BCUT2D eigenvalue weighted by Gasteiger charge is 2.22. The minimum Gasteiger partial charge on any atom is -0.493 e. The summed E-state index contributed by atoms with van der Waals surface area (Å²) in [5.74, 6) is 2.02. The molecule has 28 heavy (non-hydrogen) atoms. The zero-order chi connectivity index (χ0) is 19.9. The van der Waals surface area contributed by atoms with Crippen LogP contribution in [0.2, 0.25) is 0 Å². The zero-order valence-corrected chi connectivity index (χ0v) is 16.5. The van der Waals surface area contributed by atoms with Crippen LogP contribution in [0.4, 0.5) is 11.4 Å². The van der Waals surface area contributed by atoms with E-state index in [4.69, 9.17) is 20.9 Å². The number of aliphatic hydroxyl groups is 1. The molecule has 6 heteroatoms. The van der Waals surface area contributed by atoms with Gasteiger partial charge in [0, 0.05) is 6.54 Å². The molecule has 152 valence electrons. The van der Waals surface area contributed by atoms with Crippen molar-refractivity contribution in [3.63, 3.8) is 0 Å². The van der Waals surface area contributed by atoms with Gasteiger partial charge in [-0.15, -0.1) is 0 Å². The monoisotopic (exact) mass is 385 g/mol. The van der Waals surface area contributed by atoms with E-state index < -0.39 is 6.10 Å². The number of nitrogens with two attached hydrogens (primary N) is 2. The smallest absolute Gasteiger partial charge is 0.144 e. The summed E-state index contributed by atoms with van der Waals surface area (Å²) < 4.78 is 11.6. The zero-order valence-electron chi connectivity index (χ0n) is 16.5. The third-order valence-corrected chi connectivity index (χ3v) is 5.15. The lowest BCUT2D eigenvalue weighted by atomic mass is 9.97. The Morgan fingerprint density at radius 2 is 1.82 bits per heavy atom. The van der Waals surface area contributed by atoms with E-state index in [1.54, 1.807) is 0 Å². The van der Waals surface area contributed by atoms with Crippen molar-refractivity contribution >= 4 is 11.4 Å². The van der Waals surface area contributed by atoms with Gasteiger partial charge in [0.2, 0.25) is 0 Å². The fraction of sp³-hybridized carbons (Fsp3) is 0.455. The van der Waals surface area contributed by atoms with Gasteiger partial charge in [-0.3, -0.25) is 0 Å². The molecule has 0 radical (unpaired) electrons. The summed E-state index contributed by atoms with van der Waals surface area (Å²) in [4.78, 5) is 2.28. The van der Waals surface area contributed by atoms with E-state index in [0.29, 0.717) is 29.6 Å². The Bertz CT molecular complexity index is 746. The summed E-state index contributed by atoms with van der Waals surface area (Å²) in [6, 6.07) is 13.6. The highest BCUT2D eigenvalue weighted by molar-refractivity contribution is 5.71. The van der Waals surface area contributed by atoms with Crippen molar-refractivity contribution in [2.24, 2.45) is 5.92 Å². The molecule has 1 atom stereocenters. The number of aryl methyl sites for hydroxylation is 1. The molecule has 6 nitrogen and oxygen atoms in total. The molecule has 1 unspecified atom stereocenters. The second-order valence-electron chi connectivity index (χ2n) is 7.60. The molecule has 1 aliphatic rings. The first-order valence-corrected chi connectivity index (χ1v) is 9.88. The molecule has 0 bridgehead atoms. The molecular formula is C22H31N3O3. The van der Waals surface area contributed by atoms with Gasteiger partial charge in [-0.25, -0.2) is 0 Å². The summed E-state index contributed by atoms with van der Waals surface area (Å²) in [5, 5.41) is 10.3. The third-order valence-electron chi connectivity index (χ3n) is 5.15. The molecule has 2 aromatic carbocycles. The van der Waals surface area contributed by atoms with Gasteiger partial charge in [0.25, 0.3) is 0 Å². The van der Waals surface area contributed by atoms with E-state index in [9.17, 15) is 5.11 Å². The van der Waals surface area contributed by atoms with Gasteiger partial charge >= 0.3 is 0 Å². The minimum absolute atomic E-state index is 0.199. The summed E-state index contributed by atoms with van der Waals surface area (Å²) in [6.07, 6.45) is 1.57. The number of nitrogens with zero attached hydrogens (tertiary/aromatic N) is 1. The number of hydrogen-bond donors (Lipinski definition) is 3. The minimum atomic E-state index is -0.571. The maximum absolute atomic E-state index is 10.3. The Morgan fingerprint density at radius 1 is 1.11 bits per heavy atom. The first kappa shape index (κ1) is 20.3. The summed E-state index contributed by atoms with van der Waals surface area (Å²) in [6.45, 7) is 5.39. The standard InChI is InChI=1S/C22H31N3O3/c1-16-11-20(23)22(24)21(12-16)28-15-18(26)13-25-9-7-17(8-10-25)14-27-19-5-3-2-4-6-19/h2-6,11-12,17-18,26H,7-10,13-15,23-24H2,1H3. The van der Waals surface area contributed by atoms with Crippen LogP contribution in [0.25, 0.3) is 0 Å². The Morgan fingerprint density at radius 3 is 2.54 bits per heavy atom. The van der Waals surface area contributed by atoms with Crippen LogP contribution in [-0.2, 0) is 0 Å². The van der Waals surface area contributed by atoms with Crippen LogP contribution in [0.15, 0.2) is 42.5 Å². The molecule has 1 saturated heterocycles. The van der Waals surface area contributed by atoms with Crippen LogP contribution in [0, 0.1) is 12.8 Å². The van der Waals surface area contributed by atoms with Gasteiger partial charge in [0.05, 0.1) is 18.0 Å². The number of para-hydroxylation sites is 1. The van der Waals surface area contributed by atoms with E-state index in [-0.39, 0.29) is 6.61 Å². The Labute approximate surface area is 167 Å². The van der Waals surface area contributed by atoms with E-state index in [0.717, 1.165) is 43.9 Å². The highest BCUT2D eigenvalue weighted by Crippen LogP contribution is 2.29. The quantitative estimate of drug-likeness (QED) is 0.605. The van der Waals surface area contributed by atoms with Crippen LogP contribution in [0.3, 0.4) is 0 Å². The SMILES string of the molecule is Cc1cc(N)c(N)c(OCC(O)CN2CCC(COc3ccccc3)CC2)c1. The second-order valence-corrected chi connectivity index (χ2v) is 7.60. The Hall–Kier alpha value is -2.44. The molecule has 0 saturated carbocycles. The number of anilines is 2. The van der Waals surface area contributed by atoms with Crippen LogP contribution < -0.4 is 20.9 Å². The van der Waals surface area contributed by atoms with Crippen molar-refractivity contribution in [3.8, 4) is 11.5 Å². The number of rotatable bonds is 8. The first-order valence-electron chi connectivity index (χ1n) is 9.88. The number of likely N-dealkylation sites (tertiary alicyclic amines) is 1. The molecule has 3 rings (SSSR count). The van der Waals surface area contributed by atoms with E-state index in [1.807, 2.05) is 49.4 Å². The average Bonchev–Trinajstić information content (AvgIpc) is 2.70. The Kier molecular flexibility index (Phi) is 7.01. The summed E-state index contributed by atoms with van der Waals surface area (Å²) in [5.41, 5.74) is 13.7. The van der Waals surface area contributed by atoms with Crippen LogP contribution in [-0.4, -0.2) is 49.0 Å². The van der Waals surface area contributed by atoms with E-state index in [1.165, 1.54) is 0 Å². The van der Waals surface area contributed by atoms with E-state index >= 15 is 0 Å². The molecule has 1 heterocycles. The van der Waals surface area contributed by atoms with Gasteiger partial charge in [-0.2, -0.15) is 0 Å². The molecule has 0 spiro atoms. The van der Waals surface area contributed by atoms with Crippen LogP contribution >= 0.6 is 0 Å². The number of benzene rings is 2. The van der Waals surface area contributed by atoms with Crippen molar-refractivity contribution in [1.29, 1.82) is 0 Å². The number of β-amino-alcohol motifs (C(OH)–C–C–N with tert-alkyl or cyclic N) is 1. The lowest BCUT2D eigenvalue weighted by Crippen LogP contribution is -2.41. The fourth-order valence-corrected chi connectivity index (χ4v) is 3.51.